The molecule has 0 atom stereocenters. The van der Waals surface area contributed by atoms with Crippen LogP contribution in [0.1, 0.15) is 11.3 Å². The summed E-state index contributed by atoms with van der Waals surface area (Å²) < 4.78 is 2.93. The monoisotopic (exact) mass is 238 g/mol. The predicted molar refractivity (Wildman–Crippen MR) is 60.5 cm³/mol. The first-order valence-electron chi connectivity index (χ1n) is 4.77. The Hall–Kier alpha value is -1.62. The summed E-state index contributed by atoms with van der Waals surface area (Å²) in [5.41, 5.74) is 1.29. The van der Waals surface area contributed by atoms with Gasteiger partial charge in [-0.1, -0.05) is 11.6 Å². The number of rotatable bonds is 2. The predicted octanol–water partition coefficient (Wildman–Crippen LogP) is 0.758. The van der Waals surface area contributed by atoms with Gasteiger partial charge in [-0.15, -0.1) is 0 Å². The van der Waals surface area contributed by atoms with E-state index in [0.29, 0.717) is 17.1 Å². The molecular formula is C10H11ClN4O. The smallest absolute Gasteiger partial charge is 0.270 e. The second-order valence-electron chi connectivity index (χ2n) is 3.58. The number of aryl methyl sites for hydroxylation is 2. The number of aromatic nitrogens is 4. The van der Waals surface area contributed by atoms with Crippen LogP contribution in [0, 0.1) is 0 Å². The second kappa shape index (κ2) is 4.09. The van der Waals surface area contributed by atoms with E-state index in [4.69, 9.17) is 11.6 Å². The molecule has 6 heteroatoms. The molecule has 0 saturated carbocycles. The topological polar surface area (TPSA) is 52.7 Å². The molecule has 0 saturated heterocycles. The molecule has 0 N–H and O–H groups in total. The van der Waals surface area contributed by atoms with Crippen molar-refractivity contribution in [2.24, 2.45) is 14.1 Å². The van der Waals surface area contributed by atoms with Crippen LogP contribution >= 0.6 is 11.6 Å². The molecule has 5 nitrogen and oxygen atoms in total. The molecule has 0 unspecified atom stereocenters. The third-order valence-electron chi connectivity index (χ3n) is 2.25. The lowest BCUT2D eigenvalue weighted by Gasteiger charge is -2.01. The molecule has 0 spiro atoms. The highest BCUT2D eigenvalue weighted by molar-refractivity contribution is 6.29. The zero-order valence-corrected chi connectivity index (χ0v) is 9.77. The molecule has 0 aliphatic carbocycles. The molecular weight excluding hydrogens is 228 g/mol. The Labute approximate surface area is 97.3 Å². The third-order valence-corrected chi connectivity index (χ3v) is 2.43. The minimum absolute atomic E-state index is 0.143. The van der Waals surface area contributed by atoms with Gasteiger partial charge < -0.3 is 0 Å². The normalized spacial score (nSPS) is 10.7. The summed E-state index contributed by atoms with van der Waals surface area (Å²) in [5.74, 6) is 0. The number of nitrogens with zero attached hydrogens (tertiary/aromatic N) is 4. The average molecular weight is 239 g/mol. The Kier molecular flexibility index (Phi) is 2.78. The SMILES string of the molecule is Cn1ccc(Cc2cc(Cl)nn(C)c2=O)n1. The standard InChI is InChI=1S/C10H11ClN4O/c1-14-4-3-8(12-14)5-7-6-9(11)13-15(2)10(7)16/h3-4,6H,5H2,1-2H3. The summed E-state index contributed by atoms with van der Waals surface area (Å²) in [7, 11) is 3.41. The molecule has 2 heterocycles. The molecule has 84 valence electrons. The van der Waals surface area contributed by atoms with Crippen LogP contribution in [0.15, 0.2) is 23.1 Å². The lowest BCUT2D eigenvalue weighted by atomic mass is 10.2. The Morgan fingerprint density at radius 2 is 2.12 bits per heavy atom. The van der Waals surface area contributed by atoms with Gasteiger partial charge in [0.05, 0.1) is 5.69 Å². The van der Waals surface area contributed by atoms with E-state index < -0.39 is 0 Å². The molecule has 2 aromatic rings. The highest BCUT2D eigenvalue weighted by Gasteiger charge is 2.07. The maximum atomic E-state index is 11.7. The molecule has 0 amide bonds. The zero-order chi connectivity index (χ0) is 11.7. The molecule has 2 aromatic heterocycles. The van der Waals surface area contributed by atoms with Crippen molar-refractivity contribution in [1.82, 2.24) is 19.6 Å². The Balaban J connectivity index is 2.38. The van der Waals surface area contributed by atoms with Crippen molar-refractivity contribution in [3.05, 3.63) is 45.1 Å². The Bertz CT molecular complexity index is 572. The van der Waals surface area contributed by atoms with Gasteiger partial charge in [0.2, 0.25) is 0 Å². The summed E-state index contributed by atoms with van der Waals surface area (Å²) in [6, 6.07) is 3.45. The van der Waals surface area contributed by atoms with E-state index in [1.807, 2.05) is 19.3 Å². The van der Waals surface area contributed by atoms with E-state index in [2.05, 4.69) is 10.2 Å². The van der Waals surface area contributed by atoms with Crippen molar-refractivity contribution in [2.45, 2.75) is 6.42 Å². The molecule has 0 aliphatic rings. The van der Waals surface area contributed by atoms with Crippen LogP contribution in [0.25, 0.3) is 0 Å². The van der Waals surface area contributed by atoms with Gasteiger partial charge in [0, 0.05) is 32.3 Å². The minimum Gasteiger partial charge on any atom is -0.276 e. The summed E-state index contributed by atoms with van der Waals surface area (Å²) in [6.45, 7) is 0. The van der Waals surface area contributed by atoms with Gasteiger partial charge >= 0.3 is 0 Å². The van der Waals surface area contributed by atoms with Gasteiger partial charge in [-0.25, -0.2) is 4.68 Å². The van der Waals surface area contributed by atoms with Crippen LogP contribution in [0.4, 0.5) is 0 Å². The fraction of sp³-hybridized carbons (Fsp3) is 0.300. The zero-order valence-electron chi connectivity index (χ0n) is 9.01. The van der Waals surface area contributed by atoms with Gasteiger partial charge in [-0.3, -0.25) is 9.48 Å². The van der Waals surface area contributed by atoms with Crippen LogP contribution in [0.2, 0.25) is 5.15 Å². The van der Waals surface area contributed by atoms with Crippen molar-refractivity contribution >= 4 is 11.6 Å². The van der Waals surface area contributed by atoms with E-state index in [9.17, 15) is 4.79 Å². The van der Waals surface area contributed by atoms with Crippen LogP contribution in [0.5, 0.6) is 0 Å². The van der Waals surface area contributed by atoms with Gasteiger partial charge in [-0.05, 0) is 12.1 Å². The molecule has 0 bridgehead atoms. The summed E-state index contributed by atoms with van der Waals surface area (Å²) in [5, 5.41) is 8.35. The quantitative estimate of drug-likeness (QED) is 0.776. The maximum absolute atomic E-state index is 11.7. The second-order valence-corrected chi connectivity index (χ2v) is 3.97. The summed E-state index contributed by atoms with van der Waals surface area (Å²) in [6.07, 6.45) is 2.30. The highest BCUT2D eigenvalue weighted by atomic mass is 35.5. The van der Waals surface area contributed by atoms with E-state index in [0.717, 1.165) is 5.69 Å². The van der Waals surface area contributed by atoms with Crippen LogP contribution in [-0.4, -0.2) is 19.6 Å². The first-order chi connectivity index (χ1) is 7.56. The van der Waals surface area contributed by atoms with Crippen LogP contribution in [-0.2, 0) is 20.5 Å². The lowest BCUT2D eigenvalue weighted by Crippen LogP contribution is -2.23. The molecule has 0 aromatic carbocycles. The largest absolute Gasteiger partial charge is 0.276 e. The number of halogens is 1. The lowest BCUT2D eigenvalue weighted by molar-refractivity contribution is 0.692. The van der Waals surface area contributed by atoms with Crippen molar-refractivity contribution < 1.29 is 0 Å². The molecule has 0 aliphatic heterocycles. The Morgan fingerprint density at radius 3 is 2.75 bits per heavy atom. The van der Waals surface area contributed by atoms with E-state index in [-0.39, 0.29) is 5.56 Å². The molecule has 0 fully saturated rings. The number of hydrogen-bond donors (Lipinski definition) is 0. The summed E-state index contributed by atoms with van der Waals surface area (Å²) in [4.78, 5) is 11.7. The maximum Gasteiger partial charge on any atom is 0.270 e. The fourth-order valence-electron chi connectivity index (χ4n) is 1.51. The van der Waals surface area contributed by atoms with E-state index >= 15 is 0 Å². The van der Waals surface area contributed by atoms with Gasteiger partial charge in [-0.2, -0.15) is 10.2 Å². The van der Waals surface area contributed by atoms with Crippen LogP contribution in [0.3, 0.4) is 0 Å². The van der Waals surface area contributed by atoms with E-state index in [1.54, 1.807) is 17.8 Å². The average Bonchev–Trinajstić information content (AvgIpc) is 2.60. The van der Waals surface area contributed by atoms with Gasteiger partial charge in [0.1, 0.15) is 5.15 Å². The van der Waals surface area contributed by atoms with Crippen molar-refractivity contribution in [1.29, 1.82) is 0 Å². The fourth-order valence-corrected chi connectivity index (χ4v) is 1.76. The van der Waals surface area contributed by atoms with E-state index in [1.165, 1.54) is 4.68 Å². The third kappa shape index (κ3) is 2.14. The minimum atomic E-state index is -0.143. The molecule has 0 radical (unpaired) electrons. The molecule has 2 rings (SSSR count). The van der Waals surface area contributed by atoms with Crippen molar-refractivity contribution in [3.63, 3.8) is 0 Å². The Morgan fingerprint density at radius 1 is 1.38 bits per heavy atom. The van der Waals surface area contributed by atoms with Crippen molar-refractivity contribution in [2.75, 3.05) is 0 Å². The van der Waals surface area contributed by atoms with Crippen molar-refractivity contribution in [3.8, 4) is 0 Å². The van der Waals surface area contributed by atoms with Gasteiger partial charge in [0.25, 0.3) is 5.56 Å². The highest BCUT2D eigenvalue weighted by Crippen LogP contribution is 2.07. The van der Waals surface area contributed by atoms with Gasteiger partial charge in [0.15, 0.2) is 0 Å². The number of hydrogen-bond acceptors (Lipinski definition) is 3. The first-order valence-corrected chi connectivity index (χ1v) is 5.15. The first kappa shape index (κ1) is 10.9. The van der Waals surface area contributed by atoms with Crippen LogP contribution < -0.4 is 5.56 Å². The molecule has 16 heavy (non-hydrogen) atoms. The summed E-state index contributed by atoms with van der Waals surface area (Å²) >= 11 is 5.80.